The highest BCUT2D eigenvalue weighted by atomic mass is 32.2. The van der Waals surface area contributed by atoms with Crippen molar-refractivity contribution in [3.8, 4) is 0 Å². The zero-order valence-electron chi connectivity index (χ0n) is 15.2. The number of nitrogens with zero attached hydrogens (tertiary/aromatic N) is 3. The molecule has 1 aliphatic heterocycles. The fourth-order valence-electron chi connectivity index (χ4n) is 3.60. The zero-order chi connectivity index (χ0) is 18.9. The molecule has 3 heterocycles. The first-order valence-electron chi connectivity index (χ1n) is 9.38. The summed E-state index contributed by atoms with van der Waals surface area (Å²) in [7, 11) is 0. The highest BCUT2D eigenvalue weighted by molar-refractivity contribution is 7.99. The van der Waals surface area contributed by atoms with Crippen molar-refractivity contribution in [2.24, 2.45) is 0 Å². The van der Waals surface area contributed by atoms with Gasteiger partial charge < -0.3 is 9.32 Å². The fraction of sp³-hybridized carbons (Fsp3) is 0.286. The molecule has 2 aromatic heterocycles. The molecule has 1 amide bonds. The SMILES string of the molecule is O=C(CSc1nc2ccccc2o1)N1CCC[C@@H](c2nc3ccccc3s2)C1. The van der Waals surface area contributed by atoms with Crippen LogP contribution in [0.5, 0.6) is 0 Å². The van der Waals surface area contributed by atoms with Crippen LogP contribution in [0, 0.1) is 0 Å². The number of amides is 1. The van der Waals surface area contributed by atoms with Crippen LogP contribution in [-0.2, 0) is 4.79 Å². The van der Waals surface area contributed by atoms with E-state index < -0.39 is 0 Å². The van der Waals surface area contributed by atoms with E-state index in [1.165, 1.54) is 16.5 Å². The number of fused-ring (bicyclic) bond motifs is 2. The van der Waals surface area contributed by atoms with Crippen LogP contribution in [0.1, 0.15) is 23.8 Å². The van der Waals surface area contributed by atoms with Crippen LogP contribution in [0.3, 0.4) is 0 Å². The lowest BCUT2D eigenvalue weighted by atomic mass is 9.99. The first-order valence-corrected chi connectivity index (χ1v) is 11.2. The number of hydrogen-bond donors (Lipinski definition) is 0. The Morgan fingerprint density at radius 2 is 1.96 bits per heavy atom. The van der Waals surface area contributed by atoms with Crippen molar-refractivity contribution in [3.63, 3.8) is 0 Å². The van der Waals surface area contributed by atoms with Crippen LogP contribution < -0.4 is 0 Å². The first-order chi connectivity index (χ1) is 13.8. The average molecular weight is 410 g/mol. The predicted molar refractivity (Wildman–Crippen MR) is 113 cm³/mol. The maximum Gasteiger partial charge on any atom is 0.257 e. The molecule has 1 atom stereocenters. The van der Waals surface area contributed by atoms with E-state index in [-0.39, 0.29) is 5.91 Å². The summed E-state index contributed by atoms with van der Waals surface area (Å²) in [5, 5.41) is 1.69. The number of thiazole rings is 1. The van der Waals surface area contributed by atoms with Crippen LogP contribution in [0.2, 0.25) is 0 Å². The summed E-state index contributed by atoms with van der Waals surface area (Å²) >= 11 is 3.12. The number of carbonyl (C=O) groups excluding carboxylic acids is 1. The molecule has 0 saturated carbocycles. The maximum absolute atomic E-state index is 12.8. The molecule has 1 saturated heterocycles. The van der Waals surface area contributed by atoms with Crippen LogP contribution in [0.4, 0.5) is 0 Å². The van der Waals surface area contributed by atoms with Crippen LogP contribution in [0.25, 0.3) is 21.3 Å². The van der Waals surface area contributed by atoms with E-state index >= 15 is 0 Å². The van der Waals surface area contributed by atoms with Crippen molar-refractivity contribution in [1.82, 2.24) is 14.9 Å². The van der Waals surface area contributed by atoms with E-state index in [9.17, 15) is 4.79 Å². The molecular weight excluding hydrogens is 390 g/mol. The highest BCUT2D eigenvalue weighted by Crippen LogP contribution is 2.33. The van der Waals surface area contributed by atoms with Crippen LogP contribution >= 0.6 is 23.1 Å². The molecular formula is C21H19N3O2S2. The van der Waals surface area contributed by atoms with Crippen molar-refractivity contribution >= 4 is 50.3 Å². The van der Waals surface area contributed by atoms with E-state index in [4.69, 9.17) is 9.40 Å². The second kappa shape index (κ2) is 7.56. The molecule has 28 heavy (non-hydrogen) atoms. The number of benzene rings is 2. The third kappa shape index (κ3) is 3.52. The van der Waals surface area contributed by atoms with Gasteiger partial charge in [0, 0.05) is 19.0 Å². The van der Waals surface area contributed by atoms with Crippen LogP contribution in [0.15, 0.2) is 58.2 Å². The van der Waals surface area contributed by atoms with Gasteiger partial charge in [-0.15, -0.1) is 11.3 Å². The van der Waals surface area contributed by atoms with Crippen molar-refractivity contribution in [1.29, 1.82) is 0 Å². The number of thioether (sulfide) groups is 1. The second-order valence-electron chi connectivity index (χ2n) is 6.93. The Morgan fingerprint density at radius 3 is 2.82 bits per heavy atom. The quantitative estimate of drug-likeness (QED) is 0.447. The molecule has 5 nitrogen and oxygen atoms in total. The molecule has 142 valence electrons. The largest absolute Gasteiger partial charge is 0.431 e. The lowest BCUT2D eigenvalue weighted by molar-refractivity contribution is -0.129. The Labute approximate surface area is 170 Å². The molecule has 1 aliphatic rings. The predicted octanol–water partition coefficient (Wildman–Crippen LogP) is 4.94. The number of oxazole rings is 1. The number of carbonyl (C=O) groups is 1. The van der Waals surface area contributed by atoms with E-state index in [2.05, 4.69) is 17.1 Å². The lowest BCUT2D eigenvalue weighted by Crippen LogP contribution is -2.40. The lowest BCUT2D eigenvalue weighted by Gasteiger charge is -2.31. The number of hydrogen-bond acceptors (Lipinski definition) is 6. The third-order valence-electron chi connectivity index (χ3n) is 5.03. The standard InChI is InChI=1S/C21H19N3O2S2/c25-19(13-27-21-23-15-7-1-3-9-17(15)26-21)24-11-5-6-14(12-24)20-22-16-8-2-4-10-18(16)28-20/h1-4,7-10,14H,5-6,11-13H2/t14-/m1/s1. The topological polar surface area (TPSA) is 59.2 Å². The molecule has 0 spiro atoms. The third-order valence-corrected chi connectivity index (χ3v) is 7.04. The van der Waals surface area contributed by atoms with Crippen LogP contribution in [-0.4, -0.2) is 39.6 Å². The van der Waals surface area contributed by atoms with Gasteiger partial charge in [-0.1, -0.05) is 36.0 Å². The molecule has 0 unspecified atom stereocenters. The minimum atomic E-state index is 0.137. The van der Waals surface area contributed by atoms with Crippen molar-refractivity contribution in [2.75, 3.05) is 18.8 Å². The zero-order valence-corrected chi connectivity index (χ0v) is 16.8. The van der Waals surface area contributed by atoms with Gasteiger partial charge in [-0.05, 0) is 37.1 Å². The van der Waals surface area contributed by atoms with Gasteiger partial charge in [0.25, 0.3) is 5.22 Å². The van der Waals surface area contributed by atoms with Gasteiger partial charge in [-0.25, -0.2) is 9.97 Å². The van der Waals surface area contributed by atoms with Crippen molar-refractivity contribution in [3.05, 3.63) is 53.5 Å². The minimum absolute atomic E-state index is 0.137. The number of aromatic nitrogens is 2. The minimum Gasteiger partial charge on any atom is -0.431 e. The normalized spacial score (nSPS) is 17.4. The number of rotatable bonds is 4. The summed E-state index contributed by atoms with van der Waals surface area (Å²) < 4.78 is 6.92. The summed E-state index contributed by atoms with van der Waals surface area (Å²) in [5.41, 5.74) is 2.63. The van der Waals surface area contributed by atoms with Gasteiger partial charge in [0.2, 0.25) is 5.91 Å². The number of likely N-dealkylation sites (tertiary alicyclic amines) is 1. The Hall–Kier alpha value is -2.38. The molecule has 1 fully saturated rings. The number of para-hydroxylation sites is 3. The Morgan fingerprint density at radius 1 is 1.14 bits per heavy atom. The molecule has 0 aliphatic carbocycles. The average Bonchev–Trinajstić information content (AvgIpc) is 3.35. The van der Waals surface area contributed by atoms with E-state index in [0.29, 0.717) is 16.9 Å². The highest BCUT2D eigenvalue weighted by Gasteiger charge is 2.27. The maximum atomic E-state index is 12.8. The van der Waals surface area contributed by atoms with E-state index in [1.807, 2.05) is 41.3 Å². The molecule has 4 aromatic rings. The molecule has 0 N–H and O–H groups in total. The van der Waals surface area contributed by atoms with Crippen molar-refractivity contribution < 1.29 is 9.21 Å². The fourth-order valence-corrected chi connectivity index (χ4v) is 5.43. The van der Waals surface area contributed by atoms with Gasteiger partial charge in [-0.3, -0.25) is 4.79 Å². The van der Waals surface area contributed by atoms with Crippen molar-refractivity contribution in [2.45, 2.75) is 24.0 Å². The summed E-state index contributed by atoms with van der Waals surface area (Å²) in [6.45, 7) is 1.56. The Kier molecular flexibility index (Phi) is 4.78. The van der Waals surface area contributed by atoms with Gasteiger partial charge in [-0.2, -0.15) is 0 Å². The summed E-state index contributed by atoms with van der Waals surface area (Å²) in [6.07, 6.45) is 2.10. The first kappa shape index (κ1) is 17.7. The Bertz CT molecular complexity index is 1070. The van der Waals surface area contributed by atoms with Gasteiger partial charge in [0.05, 0.1) is 21.0 Å². The molecule has 0 bridgehead atoms. The molecule has 0 radical (unpaired) electrons. The summed E-state index contributed by atoms with van der Waals surface area (Å²) in [4.78, 5) is 24.0. The molecule has 5 rings (SSSR count). The summed E-state index contributed by atoms with van der Waals surface area (Å²) in [6, 6.07) is 15.9. The number of piperidine rings is 1. The monoisotopic (exact) mass is 409 g/mol. The van der Waals surface area contributed by atoms with Gasteiger partial charge >= 0.3 is 0 Å². The van der Waals surface area contributed by atoms with Gasteiger partial charge in [0.1, 0.15) is 5.52 Å². The second-order valence-corrected chi connectivity index (χ2v) is 8.92. The van der Waals surface area contributed by atoms with E-state index in [0.717, 1.165) is 47.6 Å². The molecule has 7 heteroatoms. The molecule has 2 aromatic carbocycles. The summed E-state index contributed by atoms with van der Waals surface area (Å²) in [5.74, 6) is 0.807. The smallest absolute Gasteiger partial charge is 0.257 e. The Balaban J connectivity index is 1.24. The van der Waals surface area contributed by atoms with E-state index in [1.54, 1.807) is 11.3 Å². The van der Waals surface area contributed by atoms with Gasteiger partial charge in [0.15, 0.2) is 5.58 Å².